The molecule has 0 aromatic rings. The molecule has 1 aliphatic heterocycles. The van der Waals surface area contributed by atoms with Gasteiger partial charge < -0.3 is 9.53 Å². The third-order valence-corrected chi connectivity index (χ3v) is 6.16. The second-order valence-corrected chi connectivity index (χ2v) is 8.65. The van der Waals surface area contributed by atoms with Crippen LogP contribution in [0.4, 0.5) is 4.39 Å². The van der Waals surface area contributed by atoms with Gasteiger partial charge in [-0.3, -0.25) is 10.1 Å². The second-order valence-electron chi connectivity index (χ2n) is 8.65. The van der Waals surface area contributed by atoms with E-state index in [4.69, 9.17) is 4.74 Å². The van der Waals surface area contributed by atoms with Gasteiger partial charge in [0.2, 0.25) is 0 Å². The fourth-order valence-electron chi connectivity index (χ4n) is 3.94. The van der Waals surface area contributed by atoms with Crippen LogP contribution in [0.25, 0.3) is 0 Å². The van der Waals surface area contributed by atoms with Crippen LogP contribution in [-0.4, -0.2) is 30.7 Å². The summed E-state index contributed by atoms with van der Waals surface area (Å²) in [5.41, 5.74) is 0.125. The quantitative estimate of drug-likeness (QED) is 0.441. The summed E-state index contributed by atoms with van der Waals surface area (Å²) in [6.45, 7) is 12.4. The molecule has 3 atom stereocenters. The van der Waals surface area contributed by atoms with E-state index in [0.29, 0.717) is 0 Å². The molecule has 4 nitrogen and oxygen atoms in total. The highest BCUT2D eigenvalue weighted by molar-refractivity contribution is 5.80. The second kappa shape index (κ2) is 16.8. The summed E-state index contributed by atoms with van der Waals surface area (Å²) in [6.07, 6.45) is 12.3. The molecule has 178 valence electrons. The first-order valence-corrected chi connectivity index (χ1v) is 12.4. The number of Topliss-reactive ketones (excluding diaryl/α,β-unsaturated/α-hetero) is 1. The standard InChI is InChI=1S/C9H15FO.C7H13NO.C7H14O.C2H6/c1-7(11)9(10)8-5-3-2-4-6-8;1-2-7(6-3-4-6)8-5-9-7;1-3-4-5-7(2)6-8;1-2/h8-9H,2-6H2,1H3;6,8H,2-5H2,1H3;6-7H,3-5H2,1-2H3;1-2H3. The molecule has 30 heavy (non-hydrogen) atoms. The fourth-order valence-corrected chi connectivity index (χ4v) is 3.94. The lowest BCUT2D eigenvalue weighted by molar-refractivity contribution is -0.198. The Labute approximate surface area is 185 Å². The Morgan fingerprint density at radius 1 is 1.17 bits per heavy atom. The smallest absolute Gasteiger partial charge is 0.164 e. The molecule has 2 aliphatic carbocycles. The maximum absolute atomic E-state index is 13.1. The SMILES string of the molecule is CC.CC(=O)C(F)C1CCCCC1.CCC1(C2CC2)NCO1.CCCCC(C)C=O. The highest BCUT2D eigenvalue weighted by Gasteiger charge is 2.49. The van der Waals surface area contributed by atoms with Crippen molar-refractivity contribution in [1.29, 1.82) is 0 Å². The molecule has 1 heterocycles. The van der Waals surface area contributed by atoms with Crippen LogP contribution in [0.1, 0.15) is 112 Å². The number of hydrogen-bond donors (Lipinski definition) is 1. The number of ether oxygens (including phenoxy) is 1. The molecule has 3 aliphatic rings. The molecule has 0 aromatic heterocycles. The van der Waals surface area contributed by atoms with Crippen molar-refractivity contribution in [2.75, 3.05) is 6.73 Å². The molecule has 0 spiro atoms. The minimum Gasteiger partial charge on any atom is -0.345 e. The Hall–Kier alpha value is -0.810. The Morgan fingerprint density at radius 2 is 1.73 bits per heavy atom. The predicted octanol–water partition coefficient (Wildman–Crippen LogP) is 6.61. The van der Waals surface area contributed by atoms with Crippen molar-refractivity contribution in [1.82, 2.24) is 5.32 Å². The van der Waals surface area contributed by atoms with Crippen LogP contribution >= 0.6 is 0 Å². The van der Waals surface area contributed by atoms with Gasteiger partial charge in [0.25, 0.3) is 0 Å². The van der Waals surface area contributed by atoms with Crippen molar-refractivity contribution in [2.45, 2.75) is 124 Å². The van der Waals surface area contributed by atoms with Gasteiger partial charge in [0.1, 0.15) is 18.7 Å². The lowest BCUT2D eigenvalue weighted by atomic mass is 9.85. The lowest BCUT2D eigenvalue weighted by Crippen LogP contribution is -2.60. The summed E-state index contributed by atoms with van der Waals surface area (Å²) in [5.74, 6) is 0.837. The van der Waals surface area contributed by atoms with Crippen LogP contribution in [0.5, 0.6) is 0 Å². The van der Waals surface area contributed by atoms with Crippen LogP contribution in [0.3, 0.4) is 0 Å². The summed E-state index contributed by atoms with van der Waals surface area (Å²) in [6, 6.07) is 0. The predicted molar refractivity (Wildman–Crippen MR) is 123 cm³/mol. The average molecular weight is 430 g/mol. The number of halogens is 1. The molecule has 1 N–H and O–H groups in total. The van der Waals surface area contributed by atoms with Gasteiger partial charge in [-0.15, -0.1) is 0 Å². The van der Waals surface area contributed by atoms with E-state index < -0.39 is 6.17 Å². The van der Waals surface area contributed by atoms with E-state index in [1.807, 2.05) is 20.8 Å². The van der Waals surface area contributed by atoms with E-state index in [-0.39, 0.29) is 23.3 Å². The molecule has 0 bridgehead atoms. The molecule has 0 amide bonds. The van der Waals surface area contributed by atoms with E-state index in [1.165, 1.54) is 39.0 Å². The van der Waals surface area contributed by atoms with Crippen LogP contribution in [0.15, 0.2) is 0 Å². The molecule has 3 unspecified atom stereocenters. The Bertz CT molecular complexity index is 438. The van der Waals surface area contributed by atoms with Crippen LogP contribution in [0, 0.1) is 17.8 Å². The monoisotopic (exact) mass is 429 g/mol. The summed E-state index contributed by atoms with van der Waals surface area (Å²) in [7, 11) is 0. The Morgan fingerprint density at radius 3 is 2.03 bits per heavy atom. The summed E-state index contributed by atoms with van der Waals surface area (Å²) < 4.78 is 18.5. The summed E-state index contributed by atoms with van der Waals surface area (Å²) in [5, 5.41) is 3.35. The van der Waals surface area contributed by atoms with Gasteiger partial charge in [-0.25, -0.2) is 4.39 Å². The van der Waals surface area contributed by atoms with Gasteiger partial charge in [-0.05, 0) is 51.4 Å². The van der Waals surface area contributed by atoms with Crippen molar-refractivity contribution in [2.24, 2.45) is 17.8 Å². The zero-order valence-electron chi connectivity index (χ0n) is 20.5. The zero-order chi connectivity index (χ0) is 23.0. The van der Waals surface area contributed by atoms with E-state index in [1.54, 1.807) is 0 Å². The summed E-state index contributed by atoms with van der Waals surface area (Å²) in [4.78, 5) is 20.7. The van der Waals surface area contributed by atoms with Crippen molar-refractivity contribution in [3.8, 4) is 0 Å². The minimum absolute atomic E-state index is 0.0289. The van der Waals surface area contributed by atoms with Gasteiger partial charge in [0.15, 0.2) is 12.0 Å². The molecule has 5 heteroatoms. The number of aldehydes is 1. The van der Waals surface area contributed by atoms with Crippen LogP contribution in [0.2, 0.25) is 0 Å². The highest BCUT2D eigenvalue weighted by Crippen LogP contribution is 2.44. The maximum Gasteiger partial charge on any atom is 0.164 e. The average Bonchev–Trinajstić information content (AvgIpc) is 3.59. The largest absolute Gasteiger partial charge is 0.345 e. The first-order chi connectivity index (χ1) is 14.4. The number of hydrogen-bond acceptors (Lipinski definition) is 4. The van der Waals surface area contributed by atoms with Gasteiger partial charge in [0, 0.05) is 11.8 Å². The number of rotatable bonds is 8. The number of unbranched alkanes of at least 4 members (excludes halogenated alkanes) is 1. The molecule has 3 rings (SSSR count). The number of carbonyl (C=O) groups excluding carboxylic acids is 2. The molecule has 2 saturated carbocycles. The van der Waals surface area contributed by atoms with Crippen LogP contribution < -0.4 is 5.32 Å². The normalized spacial score (nSPS) is 24.9. The molecule has 3 fully saturated rings. The number of nitrogens with one attached hydrogen (secondary N) is 1. The zero-order valence-corrected chi connectivity index (χ0v) is 20.5. The fraction of sp³-hybridized carbons (Fsp3) is 0.920. The molecule has 0 radical (unpaired) electrons. The molecular weight excluding hydrogens is 381 g/mol. The van der Waals surface area contributed by atoms with Gasteiger partial charge in [-0.2, -0.15) is 0 Å². The van der Waals surface area contributed by atoms with Crippen LogP contribution in [-0.2, 0) is 14.3 Å². The van der Waals surface area contributed by atoms with Crippen molar-refractivity contribution >= 4 is 12.1 Å². The molecular formula is C25H48FNO3. The third kappa shape index (κ3) is 11.0. The van der Waals surface area contributed by atoms with Gasteiger partial charge in [-0.1, -0.05) is 66.7 Å². The number of ketones is 1. The maximum atomic E-state index is 13.1. The van der Waals surface area contributed by atoms with Crippen molar-refractivity contribution in [3.63, 3.8) is 0 Å². The van der Waals surface area contributed by atoms with E-state index in [0.717, 1.165) is 57.5 Å². The van der Waals surface area contributed by atoms with E-state index in [2.05, 4.69) is 19.2 Å². The molecule has 0 aromatic carbocycles. The number of carbonyl (C=O) groups is 2. The topological polar surface area (TPSA) is 55.4 Å². The lowest BCUT2D eigenvalue weighted by Gasteiger charge is -2.43. The highest BCUT2D eigenvalue weighted by atomic mass is 19.1. The summed E-state index contributed by atoms with van der Waals surface area (Å²) >= 11 is 0. The number of alkyl halides is 1. The Kier molecular flexibility index (Phi) is 16.4. The van der Waals surface area contributed by atoms with E-state index in [9.17, 15) is 14.0 Å². The van der Waals surface area contributed by atoms with Gasteiger partial charge >= 0.3 is 0 Å². The first-order valence-electron chi connectivity index (χ1n) is 12.4. The van der Waals surface area contributed by atoms with Crippen molar-refractivity contribution < 1.29 is 18.7 Å². The third-order valence-electron chi connectivity index (χ3n) is 6.16. The Balaban J connectivity index is 0.000000409. The van der Waals surface area contributed by atoms with Crippen molar-refractivity contribution in [3.05, 3.63) is 0 Å². The van der Waals surface area contributed by atoms with Gasteiger partial charge in [0.05, 0.1) is 0 Å². The van der Waals surface area contributed by atoms with E-state index >= 15 is 0 Å². The first kappa shape index (κ1) is 29.2. The molecule has 1 saturated heterocycles. The minimum atomic E-state index is -1.18.